The Labute approximate surface area is 83.4 Å². The zero-order valence-electron chi connectivity index (χ0n) is 7.35. The van der Waals surface area contributed by atoms with Gasteiger partial charge in [0.15, 0.2) is 0 Å². The van der Waals surface area contributed by atoms with Crippen molar-refractivity contribution in [3.63, 3.8) is 0 Å². The monoisotopic (exact) mass is 211 g/mol. The highest BCUT2D eigenvalue weighted by Crippen LogP contribution is 2.11. The van der Waals surface area contributed by atoms with Crippen molar-refractivity contribution >= 4 is 17.9 Å². The summed E-state index contributed by atoms with van der Waals surface area (Å²) in [4.78, 5) is 31.8. The lowest BCUT2D eigenvalue weighted by Crippen LogP contribution is -2.07. The largest absolute Gasteiger partial charge is 0.561 e. The van der Waals surface area contributed by atoms with Crippen molar-refractivity contribution in [2.24, 2.45) is 0 Å². The van der Waals surface area contributed by atoms with Crippen LogP contribution in [0.5, 0.6) is 0 Å². The average molecular weight is 211 g/mol. The minimum atomic E-state index is -1.35. The molecule has 1 aromatic carbocycles. The van der Waals surface area contributed by atoms with Crippen LogP contribution in [0.2, 0.25) is 0 Å². The van der Waals surface area contributed by atoms with Crippen LogP contribution in [0, 0.1) is 0 Å². The SMILES string of the molecule is O=C(O)c1cc(C(=O)O)cc(C(=O)[OH2+])c1. The highest BCUT2D eigenvalue weighted by Gasteiger charge is 2.18. The van der Waals surface area contributed by atoms with E-state index in [2.05, 4.69) is 0 Å². The second kappa shape index (κ2) is 3.79. The summed E-state index contributed by atoms with van der Waals surface area (Å²) in [5.41, 5.74) is -0.914. The smallest absolute Gasteiger partial charge is 0.549 e. The van der Waals surface area contributed by atoms with Crippen LogP contribution in [0.4, 0.5) is 0 Å². The summed E-state index contributed by atoms with van der Waals surface area (Å²) in [6, 6.07) is 2.85. The molecule has 0 heterocycles. The third-order valence-corrected chi connectivity index (χ3v) is 1.69. The molecule has 4 N–H and O–H groups in total. The molecule has 0 spiro atoms. The van der Waals surface area contributed by atoms with Crippen LogP contribution in [-0.2, 0) is 0 Å². The molecule has 0 bridgehead atoms. The molecule has 6 nitrogen and oxygen atoms in total. The van der Waals surface area contributed by atoms with E-state index < -0.39 is 17.9 Å². The molecule has 0 unspecified atom stereocenters. The molecule has 0 saturated heterocycles. The molecule has 0 saturated carbocycles. The van der Waals surface area contributed by atoms with E-state index in [1.807, 2.05) is 0 Å². The van der Waals surface area contributed by atoms with Crippen molar-refractivity contribution in [1.82, 2.24) is 0 Å². The summed E-state index contributed by atoms with van der Waals surface area (Å²) in [7, 11) is 0. The Morgan fingerprint density at radius 1 is 0.867 bits per heavy atom. The van der Waals surface area contributed by atoms with Crippen LogP contribution in [0.25, 0.3) is 0 Å². The first-order valence-electron chi connectivity index (χ1n) is 3.79. The Morgan fingerprint density at radius 2 is 1.20 bits per heavy atom. The lowest BCUT2D eigenvalue weighted by atomic mass is 10.1. The van der Waals surface area contributed by atoms with Gasteiger partial charge in [0.05, 0.1) is 11.1 Å². The molecule has 0 aliphatic heterocycles. The molecule has 0 aliphatic rings. The quantitative estimate of drug-likeness (QED) is 0.680. The molecule has 0 fully saturated rings. The Bertz CT molecular complexity index is 369. The summed E-state index contributed by atoms with van der Waals surface area (Å²) < 4.78 is 0. The van der Waals surface area contributed by atoms with E-state index in [1.165, 1.54) is 0 Å². The third-order valence-electron chi connectivity index (χ3n) is 1.69. The van der Waals surface area contributed by atoms with Crippen LogP contribution in [-0.4, -0.2) is 33.2 Å². The third kappa shape index (κ3) is 2.31. The van der Waals surface area contributed by atoms with E-state index in [-0.39, 0.29) is 16.7 Å². The van der Waals surface area contributed by atoms with Gasteiger partial charge in [-0.1, -0.05) is 0 Å². The Hall–Kier alpha value is -2.37. The fraction of sp³-hybridized carbons (Fsp3) is 0. The average Bonchev–Trinajstić information content (AvgIpc) is 2.16. The van der Waals surface area contributed by atoms with Gasteiger partial charge in [-0.3, -0.25) is 0 Å². The Morgan fingerprint density at radius 3 is 1.47 bits per heavy atom. The summed E-state index contributed by atoms with van der Waals surface area (Å²) in [5.74, 6) is -3.82. The summed E-state index contributed by atoms with van der Waals surface area (Å²) in [6.07, 6.45) is 0. The molecule has 0 aliphatic carbocycles. The highest BCUT2D eigenvalue weighted by molar-refractivity contribution is 5.98. The van der Waals surface area contributed by atoms with Gasteiger partial charge in [0, 0.05) is 4.79 Å². The van der Waals surface area contributed by atoms with Crippen molar-refractivity contribution in [3.8, 4) is 0 Å². The van der Waals surface area contributed by atoms with Crippen molar-refractivity contribution in [2.75, 3.05) is 0 Å². The first-order valence-corrected chi connectivity index (χ1v) is 3.79. The molecular weight excluding hydrogens is 204 g/mol. The van der Waals surface area contributed by atoms with Crippen LogP contribution in [0.15, 0.2) is 18.2 Å². The van der Waals surface area contributed by atoms with Crippen LogP contribution in [0.1, 0.15) is 31.1 Å². The maximum atomic E-state index is 10.7. The van der Waals surface area contributed by atoms with Gasteiger partial charge in [-0.25, -0.2) is 9.59 Å². The van der Waals surface area contributed by atoms with E-state index in [4.69, 9.17) is 15.3 Å². The van der Waals surface area contributed by atoms with Crippen molar-refractivity contribution in [2.45, 2.75) is 0 Å². The highest BCUT2D eigenvalue weighted by atomic mass is 16.4. The number of rotatable bonds is 3. The van der Waals surface area contributed by atoms with Gasteiger partial charge in [0.2, 0.25) is 0 Å². The van der Waals surface area contributed by atoms with E-state index in [0.717, 1.165) is 18.2 Å². The molecule has 0 atom stereocenters. The van der Waals surface area contributed by atoms with Gasteiger partial charge >= 0.3 is 17.9 Å². The lowest BCUT2D eigenvalue weighted by molar-refractivity contribution is 0.0696. The first-order chi connectivity index (χ1) is 6.91. The van der Waals surface area contributed by atoms with Crippen molar-refractivity contribution < 1.29 is 29.7 Å². The maximum Gasteiger partial charge on any atom is 0.549 e. The number of carboxylic acid groups (broad SMARTS) is 2. The van der Waals surface area contributed by atoms with Crippen LogP contribution in [0.3, 0.4) is 0 Å². The molecule has 78 valence electrons. The lowest BCUT2D eigenvalue weighted by Gasteiger charge is -1.98. The minimum Gasteiger partial charge on any atom is -0.561 e. The molecule has 0 radical (unpaired) electrons. The molecule has 1 rings (SSSR count). The number of benzene rings is 1. The number of aromatic carboxylic acids is 2. The van der Waals surface area contributed by atoms with E-state index in [0.29, 0.717) is 0 Å². The Kier molecular flexibility index (Phi) is 2.70. The second-order valence-corrected chi connectivity index (χ2v) is 2.74. The predicted octanol–water partition coefficient (Wildman–Crippen LogP) is -0.0522. The normalized spacial score (nSPS) is 9.60. The molecule has 15 heavy (non-hydrogen) atoms. The fourth-order valence-corrected chi connectivity index (χ4v) is 1.01. The number of hydrogen-bond acceptors (Lipinski definition) is 3. The van der Waals surface area contributed by atoms with Crippen LogP contribution >= 0.6 is 0 Å². The molecule has 0 amide bonds. The van der Waals surface area contributed by atoms with Gasteiger partial charge < -0.3 is 15.3 Å². The molecular formula is C9H7O6+. The van der Waals surface area contributed by atoms with E-state index in [1.54, 1.807) is 0 Å². The Balaban J connectivity index is 3.39. The van der Waals surface area contributed by atoms with Gasteiger partial charge in [-0.2, -0.15) is 0 Å². The van der Waals surface area contributed by atoms with Gasteiger partial charge in [0.25, 0.3) is 0 Å². The predicted molar refractivity (Wildman–Crippen MR) is 48.3 cm³/mol. The van der Waals surface area contributed by atoms with Gasteiger partial charge in [-0.05, 0) is 18.2 Å². The minimum absolute atomic E-state index is 0.257. The summed E-state index contributed by atoms with van der Waals surface area (Å²) >= 11 is 0. The summed E-state index contributed by atoms with van der Waals surface area (Å²) in [6.45, 7) is 0. The molecule has 6 heteroatoms. The number of carboxylic acids is 2. The topological polar surface area (TPSA) is 115 Å². The maximum absolute atomic E-state index is 10.7. The first kappa shape index (κ1) is 10.7. The van der Waals surface area contributed by atoms with Crippen molar-refractivity contribution in [3.05, 3.63) is 34.9 Å². The summed E-state index contributed by atoms with van der Waals surface area (Å²) in [5, 5.41) is 24.0. The van der Waals surface area contributed by atoms with E-state index >= 15 is 0 Å². The zero-order chi connectivity index (χ0) is 11.6. The van der Waals surface area contributed by atoms with Crippen molar-refractivity contribution in [1.29, 1.82) is 0 Å². The molecule has 0 aromatic heterocycles. The number of carbonyl (C=O) groups is 3. The van der Waals surface area contributed by atoms with Gasteiger partial charge in [-0.15, -0.1) is 0 Å². The standard InChI is InChI=1S/C9H6O6/c10-7(11)4-1-5(8(12)13)3-6(2-4)9(14)15/h1-3H,(H,10,11)(H,12,13)(H,14,15)/p+1. The zero-order valence-corrected chi connectivity index (χ0v) is 7.35. The number of hydrogen-bond donors (Lipinski definition) is 2. The number of carbonyl (C=O) groups excluding carboxylic acids is 1. The molecule has 1 aromatic rings. The van der Waals surface area contributed by atoms with Gasteiger partial charge in [0.1, 0.15) is 5.56 Å². The second-order valence-electron chi connectivity index (χ2n) is 2.74. The fourth-order valence-electron chi connectivity index (χ4n) is 1.01. The van der Waals surface area contributed by atoms with Crippen LogP contribution < -0.4 is 0 Å². The van der Waals surface area contributed by atoms with E-state index in [9.17, 15) is 14.4 Å².